The summed E-state index contributed by atoms with van der Waals surface area (Å²) in [4.78, 5) is 15.9. The fraction of sp³-hybridized carbons (Fsp3) is 0.176. The van der Waals surface area contributed by atoms with Crippen LogP contribution in [0.2, 0.25) is 0 Å². The first-order chi connectivity index (χ1) is 11.5. The number of imidazole rings is 1. The Kier molecular flexibility index (Phi) is 4.50. The number of nitrogens with one attached hydrogen (secondary N) is 1. The Labute approximate surface area is 135 Å². The number of rotatable bonds is 5. The number of carbonyl (C=O) groups is 1. The van der Waals surface area contributed by atoms with Gasteiger partial charge in [-0.05, 0) is 24.1 Å². The molecule has 0 saturated heterocycles. The lowest BCUT2D eigenvalue weighted by Crippen LogP contribution is -2.29. The van der Waals surface area contributed by atoms with Gasteiger partial charge in [0.25, 0.3) is 0 Å². The molecule has 3 rings (SSSR count). The Morgan fingerprint density at radius 3 is 2.54 bits per heavy atom. The van der Waals surface area contributed by atoms with Crippen molar-refractivity contribution in [2.45, 2.75) is 13.0 Å². The van der Waals surface area contributed by atoms with Gasteiger partial charge in [-0.3, -0.25) is 4.79 Å². The summed E-state index contributed by atoms with van der Waals surface area (Å²) in [7, 11) is 0. The van der Waals surface area contributed by atoms with Crippen molar-refractivity contribution in [3.63, 3.8) is 0 Å². The van der Waals surface area contributed by atoms with Crippen molar-refractivity contribution >= 4 is 16.9 Å². The second kappa shape index (κ2) is 6.74. The average molecular weight is 333 g/mol. The maximum absolute atomic E-state index is 13.3. The van der Waals surface area contributed by atoms with Crippen molar-refractivity contribution < 1.29 is 18.0 Å². The van der Waals surface area contributed by atoms with Crippen molar-refractivity contribution in [1.82, 2.24) is 14.9 Å². The number of carbonyl (C=O) groups excluding carboxylic acids is 1. The van der Waals surface area contributed by atoms with Gasteiger partial charge in [0.15, 0.2) is 11.6 Å². The summed E-state index contributed by atoms with van der Waals surface area (Å²) in [5.41, 5.74) is 1.54. The third-order valence-corrected chi connectivity index (χ3v) is 3.63. The third kappa shape index (κ3) is 3.56. The molecule has 124 valence electrons. The first kappa shape index (κ1) is 16.0. The van der Waals surface area contributed by atoms with E-state index in [9.17, 15) is 18.0 Å². The van der Waals surface area contributed by atoms with Crippen LogP contribution in [0.4, 0.5) is 13.2 Å². The summed E-state index contributed by atoms with van der Waals surface area (Å²) in [5.74, 6) is -2.54. The van der Waals surface area contributed by atoms with E-state index in [0.717, 1.165) is 17.7 Å². The molecule has 24 heavy (non-hydrogen) atoms. The zero-order valence-corrected chi connectivity index (χ0v) is 12.6. The van der Waals surface area contributed by atoms with E-state index in [1.807, 2.05) is 0 Å². The Hall–Kier alpha value is -2.83. The molecular weight excluding hydrogens is 319 g/mol. The zero-order valence-electron chi connectivity index (χ0n) is 12.6. The molecule has 0 spiro atoms. The molecule has 0 radical (unpaired) electrons. The molecule has 3 aromatic rings. The van der Waals surface area contributed by atoms with E-state index in [4.69, 9.17) is 0 Å². The molecule has 1 heterocycles. The first-order valence-electron chi connectivity index (χ1n) is 7.34. The Morgan fingerprint density at radius 1 is 1.08 bits per heavy atom. The summed E-state index contributed by atoms with van der Waals surface area (Å²) in [6, 6.07) is 8.05. The summed E-state index contributed by atoms with van der Waals surface area (Å²) in [6.07, 6.45) is 1.93. The van der Waals surface area contributed by atoms with Crippen LogP contribution in [0.3, 0.4) is 0 Å². The van der Waals surface area contributed by atoms with E-state index in [2.05, 4.69) is 10.3 Å². The maximum Gasteiger partial charge on any atom is 0.240 e. The number of benzene rings is 2. The van der Waals surface area contributed by atoms with Crippen LogP contribution in [0.15, 0.2) is 42.7 Å². The Morgan fingerprint density at radius 2 is 1.79 bits per heavy atom. The topological polar surface area (TPSA) is 46.9 Å². The second-order valence-corrected chi connectivity index (χ2v) is 5.35. The maximum atomic E-state index is 13.3. The van der Waals surface area contributed by atoms with Gasteiger partial charge < -0.3 is 9.88 Å². The molecule has 0 aliphatic carbocycles. The third-order valence-electron chi connectivity index (χ3n) is 3.63. The summed E-state index contributed by atoms with van der Waals surface area (Å²) in [5, 5.41) is 2.73. The monoisotopic (exact) mass is 333 g/mol. The predicted octanol–water partition coefficient (Wildman–Crippen LogP) is 2.81. The van der Waals surface area contributed by atoms with Crippen molar-refractivity contribution in [3.8, 4) is 0 Å². The molecule has 1 aromatic heterocycles. The fourth-order valence-corrected chi connectivity index (χ4v) is 2.39. The molecule has 0 unspecified atom stereocenters. The molecule has 0 aliphatic heterocycles. The molecule has 0 bridgehead atoms. The molecule has 1 N–H and O–H groups in total. The largest absolute Gasteiger partial charge is 0.354 e. The smallest absolute Gasteiger partial charge is 0.240 e. The first-order valence-corrected chi connectivity index (χ1v) is 7.34. The van der Waals surface area contributed by atoms with Gasteiger partial charge in [-0.1, -0.05) is 12.1 Å². The average Bonchev–Trinajstić information content (AvgIpc) is 2.92. The van der Waals surface area contributed by atoms with Gasteiger partial charge in [0.2, 0.25) is 5.91 Å². The highest BCUT2D eigenvalue weighted by Crippen LogP contribution is 2.17. The minimum Gasteiger partial charge on any atom is -0.354 e. The van der Waals surface area contributed by atoms with E-state index in [1.54, 1.807) is 12.1 Å². The quantitative estimate of drug-likeness (QED) is 0.780. The van der Waals surface area contributed by atoms with E-state index in [-0.39, 0.29) is 23.8 Å². The lowest BCUT2D eigenvalue weighted by atomic mass is 10.1. The summed E-state index contributed by atoms with van der Waals surface area (Å²) >= 11 is 0. The lowest BCUT2D eigenvalue weighted by Gasteiger charge is -2.07. The van der Waals surface area contributed by atoms with Crippen LogP contribution in [0, 0.1) is 17.5 Å². The van der Waals surface area contributed by atoms with E-state index in [0.29, 0.717) is 18.5 Å². The minimum absolute atomic E-state index is 0.0506. The predicted molar refractivity (Wildman–Crippen MR) is 82.8 cm³/mol. The van der Waals surface area contributed by atoms with Gasteiger partial charge in [-0.15, -0.1) is 0 Å². The van der Waals surface area contributed by atoms with Crippen molar-refractivity contribution in [2.24, 2.45) is 0 Å². The van der Waals surface area contributed by atoms with Crippen molar-refractivity contribution in [2.75, 3.05) is 6.54 Å². The van der Waals surface area contributed by atoms with Crippen LogP contribution in [-0.2, 0) is 17.8 Å². The number of halogens is 3. The van der Waals surface area contributed by atoms with E-state index < -0.39 is 11.6 Å². The van der Waals surface area contributed by atoms with Crippen LogP contribution in [0.25, 0.3) is 11.0 Å². The molecule has 0 atom stereocenters. The highest BCUT2D eigenvalue weighted by Gasteiger charge is 2.11. The van der Waals surface area contributed by atoms with E-state index in [1.165, 1.54) is 23.0 Å². The molecule has 7 heteroatoms. The Balaban J connectivity index is 1.59. The van der Waals surface area contributed by atoms with Crippen LogP contribution in [-0.4, -0.2) is 22.0 Å². The molecule has 0 saturated carbocycles. The molecule has 4 nitrogen and oxygen atoms in total. The van der Waals surface area contributed by atoms with Crippen LogP contribution in [0.5, 0.6) is 0 Å². The SMILES string of the molecule is O=C(Cn1cnc2cc(F)c(F)cc21)NCCc1ccc(F)cc1. The zero-order chi connectivity index (χ0) is 17.1. The molecule has 0 fully saturated rings. The van der Waals surface area contributed by atoms with E-state index >= 15 is 0 Å². The number of fused-ring (bicyclic) bond motifs is 1. The normalized spacial score (nSPS) is 11.0. The van der Waals surface area contributed by atoms with Gasteiger partial charge in [0, 0.05) is 18.7 Å². The molecule has 0 aliphatic rings. The fourth-order valence-electron chi connectivity index (χ4n) is 2.39. The Bertz CT molecular complexity index is 875. The lowest BCUT2D eigenvalue weighted by molar-refractivity contribution is -0.121. The highest BCUT2D eigenvalue weighted by molar-refractivity contribution is 5.80. The van der Waals surface area contributed by atoms with Crippen LogP contribution in [0.1, 0.15) is 5.56 Å². The van der Waals surface area contributed by atoms with Gasteiger partial charge in [0.1, 0.15) is 12.4 Å². The summed E-state index contributed by atoms with van der Waals surface area (Å²) < 4.78 is 40.7. The van der Waals surface area contributed by atoms with Crippen molar-refractivity contribution in [1.29, 1.82) is 0 Å². The molecule has 1 amide bonds. The minimum atomic E-state index is -0.985. The number of nitrogens with zero attached hydrogens (tertiary/aromatic N) is 2. The summed E-state index contributed by atoms with van der Waals surface area (Å²) in [6.45, 7) is 0.338. The van der Waals surface area contributed by atoms with Crippen LogP contribution < -0.4 is 5.32 Å². The van der Waals surface area contributed by atoms with Gasteiger partial charge >= 0.3 is 0 Å². The second-order valence-electron chi connectivity index (χ2n) is 5.35. The molecular formula is C17H14F3N3O. The van der Waals surface area contributed by atoms with Crippen LogP contribution >= 0.6 is 0 Å². The van der Waals surface area contributed by atoms with Gasteiger partial charge in [-0.2, -0.15) is 0 Å². The molecule has 2 aromatic carbocycles. The highest BCUT2D eigenvalue weighted by atomic mass is 19.2. The number of hydrogen-bond donors (Lipinski definition) is 1. The number of aromatic nitrogens is 2. The van der Waals surface area contributed by atoms with Crippen molar-refractivity contribution in [3.05, 3.63) is 65.7 Å². The number of amides is 1. The van der Waals surface area contributed by atoms with Gasteiger partial charge in [-0.25, -0.2) is 18.2 Å². The standard InChI is InChI=1S/C17H14F3N3O/c18-12-3-1-11(2-4-12)5-6-21-17(24)9-23-10-22-15-7-13(19)14(20)8-16(15)23/h1-4,7-8,10H,5-6,9H2,(H,21,24). The number of hydrogen-bond acceptors (Lipinski definition) is 2. The van der Waals surface area contributed by atoms with Gasteiger partial charge in [0.05, 0.1) is 17.4 Å².